The lowest BCUT2D eigenvalue weighted by atomic mass is 10.1. The molecular formula is C17H16ClN5O3S. The van der Waals surface area contributed by atoms with Crippen LogP contribution in [0.5, 0.6) is 0 Å². The third-order valence-electron chi connectivity index (χ3n) is 3.57. The van der Waals surface area contributed by atoms with Crippen molar-refractivity contribution in [2.45, 2.75) is 18.4 Å². The predicted molar refractivity (Wildman–Crippen MR) is 102 cm³/mol. The number of benzene rings is 1. The zero-order chi connectivity index (χ0) is 19.3. The lowest BCUT2D eigenvalue weighted by Crippen LogP contribution is -2.23. The molecule has 0 bridgehead atoms. The van der Waals surface area contributed by atoms with Gasteiger partial charge >= 0.3 is 0 Å². The Morgan fingerprint density at radius 3 is 2.56 bits per heavy atom. The number of rotatable bonds is 7. The second-order valence-corrected chi connectivity index (χ2v) is 7.63. The largest absolute Gasteiger partial charge is 0.468 e. The highest BCUT2D eigenvalue weighted by Crippen LogP contribution is 2.13. The standard InChI is InChI=1S/C17H16ClN5O3S/c1-12(20-22-17-9-8-16(18)21-23-17)13-4-6-15(7-5-13)27(24,25)19-11-14-3-2-10-26-14/h2-10,19H,11H2,1H3,(H,22,23)/b20-12+. The normalized spacial score (nSPS) is 12.1. The number of hydrazone groups is 1. The van der Waals surface area contributed by atoms with Gasteiger partial charge in [0.15, 0.2) is 11.0 Å². The first-order valence-electron chi connectivity index (χ1n) is 7.86. The highest BCUT2D eigenvalue weighted by molar-refractivity contribution is 7.89. The molecule has 0 saturated heterocycles. The molecule has 3 rings (SSSR count). The molecule has 0 radical (unpaired) electrons. The number of halogens is 1. The van der Waals surface area contributed by atoms with Crippen LogP contribution in [0.25, 0.3) is 0 Å². The van der Waals surface area contributed by atoms with Crippen molar-refractivity contribution in [2.75, 3.05) is 5.43 Å². The maximum Gasteiger partial charge on any atom is 0.240 e. The highest BCUT2D eigenvalue weighted by Gasteiger charge is 2.14. The number of sulfonamides is 1. The summed E-state index contributed by atoms with van der Waals surface area (Å²) < 4.78 is 32.3. The number of anilines is 1. The Kier molecular flexibility index (Phi) is 5.84. The van der Waals surface area contributed by atoms with E-state index in [1.807, 2.05) is 0 Å². The second-order valence-electron chi connectivity index (χ2n) is 5.48. The van der Waals surface area contributed by atoms with E-state index >= 15 is 0 Å². The van der Waals surface area contributed by atoms with Crippen LogP contribution in [0.4, 0.5) is 5.82 Å². The first-order valence-corrected chi connectivity index (χ1v) is 9.72. The number of hydrogen-bond donors (Lipinski definition) is 2. The first kappa shape index (κ1) is 19.0. The molecule has 0 fully saturated rings. The molecule has 2 N–H and O–H groups in total. The summed E-state index contributed by atoms with van der Waals surface area (Å²) in [5.41, 5.74) is 4.18. The van der Waals surface area contributed by atoms with Gasteiger partial charge in [-0.15, -0.1) is 10.2 Å². The van der Waals surface area contributed by atoms with Gasteiger partial charge in [0.25, 0.3) is 0 Å². The molecule has 27 heavy (non-hydrogen) atoms. The zero-order valence-electron chi connectivity index (χ0n) is 14.3. The van der Waals surface area contributed by atoms with E-state index in [4.69, 9.17) is 16.0 Å². The van der Waals surface area contributed by atoms with Crippen molar-refractivity contribution in [3.63, 3.8) is 0 Å². The fraction of sp³-hybridized carbons (Fsp3) is 0.118. The minimum absolute atomic E-state index is 0.0869. The fourth-order valence-corrected chi connectivity index (χ4v) is 3.21. The zero-order valence-corrected chi connectivity index (χ0v) is 15.8. The van der Waals surface area contributed by atoms with Gasteiger partial charge < -0.3 is 4.42 Å². The van der Waals surface area contributed by atoms with Gasteiger partial charge in [-0.3, -0.25) is 5.43 Å². The molecule has 0 aliphatic heterocycles. The molecule has 0 unspecified atom stereocenters. The van der Waals surface area contributed by atoms with Crippen LogP contribution in [-0.2, 0) is 16.6 Å². The smallest absolute Gasteiger partial charge is 0.240 e. The van der Waals surface area contributed by atoms with Gasteiger partial charge in [-0.1, -0.05) is 23.7 Å². The number of aromatic nitrogens is 2. The molecule has 10 heteroatoms. The van der Waals surface area contributed by atoms with E-state index in [1.54, 1.807) is 43.3 Å². The van der Waals surface area contributed by atoms with E-state index in [1.165, 1.54) is 18.4 Å². The summed E-state index contributed by atoms with van der Waals surface area (Å²) in [6.45, 7) is 1.87. The molecular weight excluding hydrogens is 390 g/mol. The number of furan rings is 1. The summed E-state index contributed by atoms with van der Waals surface area (Å²) in [7, 11) is -3.63. The monoisotopic (exact) mass is 405 g/mol. The predicted octanol–water partition coefficient (Wildman–Crippen LogP) is 3.04. The average molecular weight is 406 g/mol. The third-order valence-corrected chi connectivity index (χ3v) is 5.19. The quantitative estimate of drug-likeness (QED) is 0.462. The molecule has 2 heterocycles. The molecule has 8 nitrogen and oxygen atoms in total. The van der Waals surface area contributed by atoms with Crippen LogP contribution in [0.3, 0.4) is 0 Å². The molecule has 2 aromatic heterocycles. The van der Waals surface area contributed by atoms with Crippen LogP contribution >= 0.6 is 11.6 Å². The minimum atomic E-state index is -3.63. The van der Waals surface area contributed by atoms with Crippen molar-refractivity contribution in [3.8, 4) is 0 Å². The van der Waals surface area contributed by atoms with Crippen molar-refractivity contribution in [3.05, 3.63) is 71.3 Å². The van der Waals surface area contributed by atoms with Crippen molar-refractivity contribution >= 4 is 33.2 Å². The Bertz CT molecular complexity index is 1020. The van der Waals surface area contributed by atoms with E-state index in [0.717, 1.165) is 5.56 Å². The number of nitrogens with one attached hydrogen (secondary N) is 2. The van der Waals surface area contributed by atoms with Crippen molar-refractivity contribution in [1.29, 1.82) is 0 Å². The molecule has 0 spiro atoms. The van der Waals surface area contributed by atoms with Gasteiger partial charge in [0.1, 0.15) is 5.76 Å². The van der Waals surface area contributed by atoms with Crippen LogP contribution in [0.15, 0.2) is 69.2 Å². The Morgan fingerprint density at radius 2 is 1.93 bits per heavy atom. The lowest BCUT2D eigenvalue weighted by molar-refractivity contribution is 0.498. The molecule has 0 atom stereocenters. The first-order chi connectivity index (χ1) is 12.9. The average Bonchev–Trinajstić information content (AvgIpc) is 3.20. The summed E-state index contributed by atoms with van der Waals surface area (Å²) in [6.07, 6.45) is 1.49. The topological polar surface area (TPSA) is 109 Å². The van der Waals surface area contributed by atoms with Crippen molar-refractivity contribution < 1.29 is 12.8 Å². The molecule has 1 aromatic carbocycles. The lowest BCUT2D eigenvalue weighted by Gasteiger charge is -2.07. The molecule has 140 valence electrons. The summed E-state index contributed by atoms with van der Waals surface area (Å²) >= 11 is 5.68. The van der Waals surface area contributed by atoms with Crippen molar-refractivity contribution in [2.24, 2.45) is 5.10 Å². The van der Waals surface area contributed by atoms with Gasteiger partial charge in [0, 0.05) is 0 Å². The summed E-state index contributed by atoms with van der Waals surface area (Å²) in [5, 5.41) is 12.0. The summed E-state index contributed by atoms with van der Waals surface area (Å²) in [5.74, 6) is 0.981. The Hall–Kier alpha value is -2.75. The van der Waals surface area contributed by atoms with Gasteiger partial charge in [0.2, 0.25) is 10.0 Å². The molecule has 0 aliphatic carbocycles. The Labute approximate surface area is 161 Å². The van der Waals surface area contributed by atoms with Gasteiger partial charge in [-0.2, -0.15) is 5.10 Å². The van der Waals surface area contributed by atoms with E-state index in [2.05, 4.69) is 25.4 Å². The fourth-order valence-electron chi connectivity index (χ4n) is 2.12. The van der Waals surface area contributed by atoms with Crippen LogP contribution in [-0.4, -0.2) is 24.3 Å². The van der Waals surface area contributed by atoms with Crippen LogP contribution in [0.2, 0.25) is 5.15 Å². The Balaban J connectivity index is 1.66. The molecule has 0 amide bonds. The van der Waals surface area contributed by atoms with Crippen LogP contribution in [0.1, 0.15) is 18.2 Å². The van der Waals surface area contributed by atoms with Crippen LogP contribution in [0, 0.1) is 0 Å². The summed E-state index contributed by atoms with van der Waals surface area (Å²) in [4.78, 5) is 0.155. The second kappa shape index (κ2) is 8.30. The molecule has 0 aliphatic rings. The number of nitrogens with zero attached hydrogens (tertiary/aromatic N) is 3. The van der Waals surface area contributed by atoms with Crippen molar-refractivity contribution in [1.82, 2.24) is 14.9 Å². The summed E-state index contributed by atoms with van der Waals surface area (Å²) in [6, 6.07) is 13.0. The minimum Gasteiger partial charge on any atom is -0.468 e. The highest BCUT2D eigenvalue weighted by atomic mass is 35.5. The van der Waals surface area contributed by atoms with E-state index in [0.29, 0.717) is 22.4 Å². The maximum atomic E-state index is 12.3. The van der Waals surface area contributed by atoms with E-state index in [-0.39, 0.29) is 11.4 Å². The third kappa shape index (κ3) is 5.13. The van der Waals surface area contributed by atoms with Crippen LogP contribution < -0.4 is 10.1 Å². The van der Waals surface area contributed by atoms with E-state index in [9.17, 15) is 8.42 Å². The van der Waals surface area contributed by atoms with Gasteiger partial charge in [-0.25, -0.2) is 13.1 Å². The van der Waals surface area contributed by atoms with Gasteiger partial charge in [0.05, 0.1) is 23.4 Å². The maximum absolute atomic E-state index is 12.3. The van der Waals surface area contributed by atoms with E-state index < -0.39 is 10.0 Å². The van der Waals surface area contributed by atoms with Gasteiger partial charge in [-0.05, 0) is 48.9 Å². The molecule has 0 saturated carbocycles. The SMILES string of the molecule is C/C(=N\Nc1ccc(Cl)nn1)c1ccc(S(=O)(=O)NCc2ccco2)cc1. The molecule has 3 aromatic rings. The number of hydrogen-bond acceptors (Lipinski definition) is 7. The Morgan fingerprint density at radius 1 is 1.15 bits per heavy atom.